The van der Waals surface area contributed by atoms with E-state index in [9.17, 15) is 4.79 Å². The second-order valence-corrected chi connectivity index (χ2v) is 7.36. The zero-order chi connectivity index (χ0) is 15.2. The average Bonchev–Trinajstić information content (AvgIpc) is 2.90. The van der Waals surface area contributed by atoms with Crippen LogP contribution in [0.3, 0.4) is 0 Å². The molecule has 0 unspecified atom stereocenters. The molecule has 22 heavy (non-hydrogen) atoms. The van der Waals surface area contributed by atoms with Crippen molar-refractivity contribution in [3.63, 3.8) is 0 Å². The summed E-state index contributed by atoms with van der Waals surface area (Å²) in [4.78, 5) is 17.4. The van der Waals surface area contributed by atoms with Crippen LogP contribution >= 0.6 is 11.3 Å². The van der Waals surface area contributed by atoms with Crippen LogP contribution < -0.4 is 5.32 Å². The van der Waals surface area contributed by atoms with E-state index in [1.54, 1.807) is 11.3 Å². The van der Waals surface area contributed by atoms with Crippen LogP contribution in [0, 0.1) is 5.41 Å². The molecule has 0 spiro atoms. The van der Waals surface area contributed by atoms with E-state index in [0.717, 1.165) is 22.9 Å². The van der Waals surface area contributed by atoms with Gasteiger partial charge in [-0.15, -0.1) is 5.10 Å². The Labute approximate surface area is 132 Å². The maximum Gasteiger partial charge on any atom is 0.313 e. The van der Waals surface area contributed by atoms with E-state index in [0.29, 0.717) is 12.5 Å². The first-order valence-corrected chi connectivity index (χ1v) is 8.70. The Bertz CT molecular complexity index is 666. The van der Waals surface area contributed by atoms with Gasteiger partial charge in [0.1, 0.15) is 0 Å². The fourth-order valence-corrected chi connectivity index (χ4v) is 4.06. The van der Waals surface area contributed by atoms with Gasteiger partial charge in [0, 0.05) is 12.5 Å². The Morgan fingerprint density at radius 2 is 2.27 bits per heavy atom. The molecule has 6 nitrogen and oxygen atoms in total. The quantitative estimate of drug-likeness (QED) is 0.858. The van der Waals surface area contributed by atoms with Crippen LogP contribution in [0.15, 0.2) is 6.20 Å². The Kier molecular flexibility index (Phi) is 3.32. The number of fused-ring (bicyclic) bond motifs is 1. The van der Waals surface area contributed by atoms with Gasteiger partial charge >= 0.3 is 5.97 Å². The predicted molar refractivity (Wildman–Crippen MR) is 84.2 cm³/mol. The number of aromatic nitrogens is 3. The van der Waals surface area contributed by atoms with E-state index >= 15 is 0 Å². The number of imidazole rings is 1. The summed E-state index contributed by atoms with van der Waals surface area (Å²) in [6, 6.07) is 0. The molecule has 0 bridgehead atoms. The lowest BCUT2D eigenvalue weighted by Gasteiger charge is -2.12. The number of hydrogen-bond acceptors (Lipinski definition) is 6. The maximum atomic E-state index is 11.7. The molecule has 0 amide bonds. The largest absolute Gasteiger partial charge is 0.469 e. The van der Waals surface area contributed by atoms with E-state index in [1.807, 2.05) is 4.52 Å². The first-order valence-electron chi connectivity index (χ1n) is 7.89. The van der Waals surface area contributed by atoms with Crippen LogP contribution in [0.5, 0.6) is 0 Å². The molecule has 2 aromatic rings. The molecule has 118 valence electrons. The van der Waals surface area contributed by atoms with Crippen molar-refractivity contribution in [1.82, 2.24) is 14.6 Å². The number of esters is 1. The summed E-state index contributed by atoms with van der Waals surface area (Å²) in [5.74, 6) is 0.490. The summed E-state index contributed by atoms with van der Waals surface area (Å²) >= 11 is 1.54. The van der Waals surface area contributed by atoms with Crippen molar-refractivity contribution < 1.29 is 9.53 Å². The van der Waals surface area contributed by atoms with E-state index in [4.69, 9.17) is 9.72 Å². The van der Waals surface area contributed by atoms with Gasteiger partial charge in [-0.1, -0.05) is 24.2 Å². The molecule has 2 fully saturated rings. The van der Waals surface area contributed by atoms with E-state index in [1.165, 1.54) is 38.5 Å². The van der Waals surface area contributed by atoms with Gasteiger partial charge in [0.05, 0.1) is 24.4 Å². The number of hydrogen-bond donors (Lipinski definition) is 1. The van der Waals surface area contributed by atoms with Crippen LogP contribution in [-0.2, 0) is 9.53 Å². The van der Waals surface area contributed by atoms with Crippen molar-refractivity contribution in [1.29, 1.82) is 0 Å². The molecule has 2 saturated carbocycles. The third-order valence-electron chi connectivity index (χ3n) is 4.89. The molecular weight excluding hydrogens is 300 g/mol. The van der Waals surface area contributed by atoms with Gasteiger partial charge in [0.2, 0.25) is 10.1 Å². The SMILES string of the molecule is COC(=O)C1(CNc2nn3cc(C4CCCC4)nc3s2)CC1. The number of ether oxygens (including phenoxy) is 1. The highest BCUT2D eigenvalue weighted by Crippen LogP contribution is 2.46. The normalized spacial score (nSPS) is 20.4. The smallest absolute Gasteiger partial charge is 0.313 e. The molecular formula is C15H20N4O2S. The lowest BCUT2D eigenvalue weighted by atomic mass is 10.1. The summed E-state index contributed by atoms with van der Waals surface area (Å²) in [5, 5.41) is 8.62. The number of nitrogens with one attached hydrogen (secondary N) is 1. The minimum atomic E-state index is -0.336. The van der Waals surface area contributed by atoms with Gasteiger partial charge in [-0.2, -0.15) is 0 Å². The highest BCUT2D eigenvalue weighted by Gasteiger charge is 2.51. The minimum Gasteiger partial charge on any atom is -0.469 e. The molecule has 1 N–H and O–H groups in total. The summed E-state index contributed by atoms with van der Waals surface area (Å²) in [6.45, 7) is 0.589. The molecule has 0 aliphatic heterocycles. The first kappa shape index (κ1) is 14.0. The standard InChI is InChI=1S/C15H20N4O2S/c1-21-12(20)15(6-7-15)9-16-13-18-19-8-11(17-14(19)22-13)10-4-2-3-5-10/h8,10H,2-7,9H2,1H3,(H,16,18). The van der Waals surface area contributed by atoms with Gasteiger partial charge in [-0.05, 0) is 25.7 Å². The number of carbonyl (C=O) groups is 1. The van der Waals surface area contributed by atoms with E-state index in [-0.39, 0.29) is 11.4 Å². The molecule has 0 saturated heterocycles. The predicted octanol–water partition coefficient (Wildman–Crippen LogP) is 2.81. The lowest BCUT2D eigenvalue weighted by molar-refractivity contribution is -0.146. The summed E-state index contributed by atoms with van der Waals surface area (Å²) < 4.78 is 6.73. The number of anilines is 1. The second-order valence-electron chi connectivity index (χ2n) is 6.41. The minimum absolute atomic E-state index is 0.121. The topological polar surface area (TPSA) is 68.5 Å². The summed E-state index contributed by atoms with van der Waals surface area (Å²) in [6.07, 6.45) is 8.95. The van der Waals surface area contributed by atoms with Gasteiger partial charge in [0.25, 0.3) is 0 Å². The maximum absolute atomic E-state index is 11.7. The van der Waals surface area contributed by atoms with Crippen molar-refractivity contribution in [2.24, 2.45) is 5.41 Å². The van der Waals surface area contributed by atoms with E-state index in [2.05, 4.69) is 16.6 Å². The lowest BCUT2D eigenvalue weighted by Crippen LogP contribution is -2.25. The monoisotopic (exact) mass is 320 g/mol. The Hall–Kier alpha value is -1.63. The summed E-state index contributed by atoms with van der Waals surface area (Å²) in [7, 11) is 1.45. The number of nitrogens with zero attached hydrogens (tertiary/aromatic N) is 3. The van der Waals surface area contributed by atoms with Crippen molar-refractivity contribution in [2.45, 2.75) is 44.4 Å². The summed E-state index contributed by atoms with van der Waals surface area (Å²) in [5.41, 5.74) is 0.841. The fourth-order valence-electron chi connectivity index (χ4n) is 3.27. The zero-order valence-corrected chi connectivity index (χ0v) is 13.5. The molecule has 0 atom stereocenters. The average molecular weight is 320 g/mol. The Morgan fingerprint density at radius 1 is 1.50 bits per heavy atom. The molecule has 2 aliphatic rings. The number of carbonyl (C=O) groups excluding carboxylic acids is 1. The van der Waals surface area contributed by atoms with Crippen molar-refractivity contribution >= 4 is 27.4 Å². The molecule has 0 aromatic carbocycles. The third kappa shape index (κ3) is 2.37. The van der Waals surface area contributed by atoms with Gasteiger partial charge in [-0.25, -0.2) is 9.50 Å². The van der Waals surface area contributed by atoms with Crippen LogP contribution in [-0.4, -0.2) is 34.2 Å². The van der Waals surface area contributed by atoms with Gasteiger partial charge < -0.3 is 10.1 Å². The highest BCUT2D eigenvalue weighted by molar-refractivity contribution is 7.20. The van der Waals surface area contributed by atoms with Gasteiger partial charge in [-0.3, -0.25) is 4.79 Å². The van der Waals surface area contributed by atoms with E-state index < -0.39 is 0 Å². The van der Waals surface area contributed by atoms with Crippen molar-refractivity contribution in [3.05, 3.63) is 11.9 Å². The Morgan fingerprint density at radius 3 is 2.91 bits per heavy atom. The first-order chi connectivity index (χ1) is 10.7. The molecule has 4 rings (SSSR count). The zero-order valence-electron chi connectivity index (χ0n) is 12.7. The second kappa shape index (κ2) is 5.22. The molecule has 7 heteroatoms. The Balaban J connectivity index is 1.45. The third-order valence-corrected chi connectivity index (χ3v) is 5.77. The van der Waals surface area contributed by atoms with Crippen LogP contribution in [0.4, 0.5) is 5.13 Å². The van der Waals surface area contributed by atoms with Gasteiger partial charge in [0.15, 0.2) is 0 Å². The molecule has 0 radical (unpaired) electrons. The molecule has 2 aromatic heterocycles. The van der Waals surface area contributed by atoms with Crippen LogP contribution in [0.2, 0.25) is 0 Å². The molecule has 2 aliphatic carbocycles. The van der Waals surface area contributed by atoms with Crippen LogP contribution in [0.25, 0.3) is 4.96 Å². The molecule has 2 heterocycles. The van der Waals surface area contributed by atoms with Crippen molar-refractivity contribution in [2.75, 3.05) is 19.0 Å². The number of rotatable bonds is 5. The van der Waals surface area contributed by atoms with Crippen LogP contribution in [0.1, 0.15) is 50.1 Å². The fraction of sp³-hybridized carbons (Fsp3) is 0.667. The van der Waals surface area contributed by atoms with Crippen molar-refractivity contribution in [3.8, 4) is 0 Å². The number of methoxy groups -OCH3 is 1. The highest BCUT2D eigenvalue weighted by atomic mass is 32.1.